The fraction of sp³-hybridized carbons (Fsp3) is 0.682. The zero-order chi connectivity index (χ0) is 21.2. The summed E-state index contributed by atoms with van der Waals surface area (Å²) in [6.07, 6.45) is 2.81. The zero-order valence-corrected chi connectivity index (χ0v) is 17.1. The number of aliphatic carboxylic acids is 1. The highest BCUT2D eigenvalue weighted by molar-refractivity contribution is 5.79. The van der Waals surface area contributed by atoms with Crippen molar-refractivity contribution in [3.63, 3.8) is 0 Å². The van der Waals surface area contributed by atoms with Gasteiger partial charge in [0.1, 0.15) is 11.6 Å². The van der Waals surface area contributed by atoms with E-state index < -0.39 is 11.9 Å². The number of carboxylic acid groups (broad SMARTS) is 1. The topological polar surface area (TPSA) is 61.0 Å². The van der Waals surface area contributed by atoms with Gasteiger partial charge in [0.05, 0.1) is 6.57 Å². The van der Waals surface area contributed by atoms with Crippen molar-refractivity contribution in [2.24, 2.45) is 17.8 Å². The summed E-state index contributed by atoms with van der Waals surface area (Å²) in [6, 6.07) is 0.191. The Morgan fingerprint density at radius 2 is 2.07 bits per heavy atom. The molecule has 3 atom stereocenters. The van der Waals surface area contributed by atoms with Crippen molar-refractivity contribution in [3.8, 4) is 0 Å². The molecule has 6 nitrogen and oxygen atoms in total. The van der Waals surface area contributed by atoms with Crippen LogP contribution >= 0.6 is 0 Å². The molecule has 1 aromatic heterocycles. The number of carbonyl (C=O) groups is 1. The number of piperidine rings is 2. The van der Waals surface area contributed by atoms with Crippen molar-refractivity contribution in [3.05, 3.63) is 22.5 Å². The smallest absolute Gasteiger partial charge is 0.303 e. The van der Waals surface area contributed by atoms with Crippen LogP contribution in [-0.4, -0.2) is 41.7 Å². The third-order valence-corrected chi connectivity index (χ3v) is 7.66. The van der Waals surface area contributed by atoms with E-state index in [1.807, 2.05) is 11.8 Å². The van der Waals surface area contributed by atoms with E-state index in [9.17, 15) is 9.90 Å². The molecule has 8 heteroatoms. The maximum atomic E-state index is 15.1. The lowest BCUT2D eigenvalue weighted by Gasteiger charge is -2.54. The molecule has 0 aromatic carbocycles. The largest absolute Gasteiger partial charge is 0.481 e. The second-order valence-corrected chi connectivity index (χ2v) is 9.38. The molecule has 160 valence electrons. The Morgan fingerprint density at radius 3 is 2.63 bits per heavy atom. The predicted octanol–water partition coefficient (Wildman–Crippen LogP) is 4.21. The van der Waals surface area contributed by atoms with Crippen LogP contribution in [0.15, 0.2) is 0 Å². The zero-order valence-electron chi connectivity index (χ0n) is 17.1. The van der Waals surface area contributed by atoms with Gasteiger partial charge >= 0.3 is 5.97 Å². The Hall–Kier alpha value is -2.43. The SMILES string of the molecule is [C-]#[N+]c1c(N2CCC2C)nc(N2CC3CC(C2)C3CC(=O)O)c2c1C(F)(F)CCC2. The second kappa shape index (κ2) is 6.79. The van der Waals surface area contributed by atoms with Crippen LogP contribution in [0.4, 0.5) is 26.1 Å². The number of rotatable bonds is 4. The van der Waals surface area contributed by atoms with Crippen LogP contribution in [0.25, 0.3) is 4.85 Å². The average Bonchev–Trinajstić information content (AvgIpc) is 2.70. The van der Waals surface area contributed by atoms with Gasteiger partial charge in [0.25, 0.3) is 5.92 Å². The van der Waals surface area contributed by atoms with Crippen LogP contribution in [-0.2, 0) is 17.1 Å². The molecule has 4 heterocycles. The minimum Gasteiger partial charge on any atom is -0.481 e. The van der Waals surface area contributed by atoms with Crippen molar-refractivity contribution in [2.45, 2.75) is 57.4 Å². The van der Waals surface area contributed by atoms with Gasteiger partial charge in [-0.3, -0.25) is 4.79 Å². The van der Waals surface area contributed by atoms with Crippen LogP contribution in [0.3, 0.4) is 0 Å². The average molecular weight is 416 g/mol. The molecule has 0 spiro atoms. The van der Waals surface area contributed by atoms with Crippen LogP contribution in [0, 0.1) is 24.3 Å². The Morgan fingerprint density at radius 1 is 1.33 bits per heavy atom. The molecule has 3 unspecified atom stereocenters. The standard InChI is InChI=1S/C22H26F2N4O2/c1-12-5-7-28(12)21-19(25-2)18-15(4-3-6-22(18,23)24)20(26-21)27-10-13-8-14(11-27)16(13)9-17(29)30/h12-14,16H,3-11H2,1H3,(H,29,30). The number of hydrogen-bond acceptors (Lipinski definition) is 4. The summed E-state index contributed by atoms with van der Waals surface area (Å²) in [5, 5.41) is 9.17. The first kappa shape index (κ1) is 19.5. The Bertz CT molecular complexity index is 932. The third kappa shape index (κ3) is 2.85. The molecule has 2 bridgehead atoms. The summed E-state index contributed by atoms with van der Waals surface area (Å²) >= 11 is 0. The van der Waals surface area contributed by atoms with Gasteiger partial charge in [0.2, 0.25) is 5.69 Å². The highest BCUT2D eigenvalue weighted by Gasteiger charge is 2.49. The van der Waals surface area contributed by atoms with E-state index >= 15 is 8.78 Å². The predicted molar refractivity (Wildman–Crippen MR) is 108 cm³/mol. The van der Waals surface area contributed by atoms with E-state index in [0.717, 1.165) is 19.4 Å². The number of fused-ring (bicyclic) bond motifs is 3. The van der Waals surface area contributed by atoms with E-state index in [2.05, 4.69) is 9.74 Å². The molecule has 30 heavy (non-hydrogen) atoms. The van der Waals surface area contributed by atoms with E-state index in [4.69, 9.17) is 11.6 Å². The van der Waals surface area contributed by atoms with Gasteiger partial charge < -0.3 is 14.9 Å². The molecule has 5 aliphatic rings. The molecule has 2 aliphatic carbocycles. The van der Waals surface area contributed by atoms with Crippen molar-refractivity contribution in [1.82, 2.24) is 4.98 Å². The fourth-order valence-corrected chi connectivity index (χ4v) is 5.92. The van der Waals surface area contributed by atoms with Crippen LogP contribution in [0.5, 0.6) is 0 Å². The van der Waals surface area contributed by atoms with E-state index in [-0.39, 0.29) is 47.9 Å². The quantitative estimate of drug-likeness (QED) is 0.746. The first-order valence-corrected chi connectivity index (χ1v) is 10.9. The summed E-state index contributed by atoms with van der Waals surface area (Å²) in [4.78, 5) is 23.6. The lowest BCUT2D eigenvalue weighted by molar-refractivity contribution is -0.141. The number of anilines is 2. The van der Waals surface area contributed by atoms with Gasteiger partial charge in [-0.25, -0.2) is 18.6 Å². The molecular formula is C22H26F2N4O2. The number of carboxylic acids is 1. The van der Waals surface area contributed by atoms with Crippen LogP contribution < -0.4 is 9.80 Å². The van der Waals surface area contributed by atoms with Gasteiger partial charge in [-0.15, -0.1) is 0 Å². The molecule has 4 fully saturated rings. The van der Waals surface area contributed by atoms with Gasteiger partial charge in [-0.2, -0.15) is 0 Å². The molecule has 3 saturated heterocycles. The van der Waals surface area contributed by atoms with Gasteiger partial charge in [-0.05, 0) is 55.9 Å². The number of alkyl halides is 2. The molecule has 1 saturated carbocycles. The first-order valence-electron chi connectivity index (χ1n) is 10.9. The first-order chi connectivity index (χ1) is 14.3. The van der Waals surface area contributed by atoms with E-state index in [1.165, 1.54) is 0 Å². The maximum absolute atomic E-state index is 15.1. The number of halogens is 2. The van der Waals surface area contributed by atoms with Crippen molar-refractivity contribution in [2.75, 3.05) is 29.4 Å². The summed E-state index contributed by atoms with van der Waals surface area (Å²) in [7, 11) is 0. The molecular weight excluding hydrogens is 390 g/mol. The molecule has 0 radical (unpaired) electrons. The van der Waals surface area contributed by atoms with Crippen LogP contribution in [0.1, 0.15) is 50.2 Å². The molecule has 0 amide bonds. The van der Waals surface area contributed by atoms with Gasteiger partial charge in [-0.1, -0.05) is 0 Å². The highest BCUT2D eigenvalue weighted by Crippen LogP contribution is 2.54. The minimum absolute atomic E-state index is 0.0240. The normalized spacial score (nSPS) is 31.3. The minimum atomic E-state index is -3.02. The van der Waals surface area contributed by atoms with E-state index in [1.54, 1.807) is 0 Å². The summed E-state index contributed by atoms with van der Waals surface area (Å²) in [5.41, 5.74) is 0.449. The second-order valence-electron chi connectivity index (χ2n) is 9.38. The highest BCUT2D eigenvalue weighted by atomic mass is 19.3. The summed E-state index contributed by atoms with van der Waals surface area (Å²) in [6.45, 7) is 11.7. The summed E-state index contributed by atoms with van der Waals surface area (Å²) in [5.74, 6) is -2.06. The van der Waals surface area contributed by atoms with Crippen molar-refractivity contribution in [1.29, 1.82) is 0 Å². The van der Waals surface area contributed by atoms with E-state index in [0.29, 0.717) is 43.1 Å². The summed E-state index contributed by atoms with van der Waals surface area (Å²) < 4.78 is 30.1. The molecule has 1 aromatic rings. The van der Waals surface area contributed by atoms with Crippen LogP contribution in [0.2, 0.25) is 0 Å². The number of nitrogens with zero attached hydrogens (tertiary/aromatic N) is 4. The third-order valence-electron chi connectivity index (χ3n) is 7.66. The lowest BCUT2D eigenvalue weighted by Crippen LogP contribution is -2.56. The Kier molecular flexibility index (Phi) is 4.42. The van der Waals surface area contributed by atoms with Crippen molar-refractivity contribution >= 4 is 23.3 Å². The lowest BCUT2D eigenvalue weighted by atomic mass is 9.60. The van der Waals surface area contributed by atoms with Gasteiger partial charge in [0.15, 0.2) is 0 Å². The molecule has 6 rings (SSSR count). The Labute approximate surface area is 174 Å². The Balaban J connectivity index is 1.57. The fourth-order valence-electron chi connectivity index (χ4n) is 5.92. The number of pyridine rings is 1. The molecule has 1 N–H and O–H groups in total. The maximum Gasteiger partial charge on any atom is 0.303 e. The number of aromatic nitrogens is 1. The van der Waals surface area contributed by atoms with Gasteiger partial charge in [0, 0.05) is 44.1 Å². The molecule has 3 aliphatic heterocycles. The van der Waals surface area contributed by atoms with Crippen molar-refractivity contribution < 1.29 is 18.7 Å². The number of hydrogen-bond donors (Lipinski definition) is 1. The monoisotopic (exact) mass is 416 g/mol.